The van der Waals surface area contributed by atoms with Crippen molar-refractivity contribution in [3.63, 3.8) is 0 Å². The lowest BCUT2D eigenvalue weighted by atomic mass is 10.1. The number of benzene rings is 4. The third kappa shape index (κ3) is 5.03. The first kappa shape index (κ1) is 25.5. The first-order valence-corrected chi connectivity index (χ1v) is 12.9. The highest BCUT2D eigenvalue weighted by molar-refractivity contribution is 7.95. The van der Waals surface area contributed by atoms with E-state index in [1.807, 2.05) is 18.2 Å². The molecule has 0 amide bonds. The summed E-state index contributed by atoms with van der Waals surface area (Å²) < 4.78 is 4.94. The van der Waals surface area contributed by atoms with Crippen LogP contribution in [-0.4, -0.2) is 13.1 Å². The van der Waals surface area contributed by atoms with Gasteiger partial charge in [-0.1, -0.05) is 77.8 Å². The third-order valence-corrected chi connectivity index (χ3v) is 10.7. The van der Waals surface area contributed by atoms with Gasteiger partial charge in [0.1, 0.15) is 29.3 Å². The van der Waals surface area contributed by atoms with Crippen LogP contribution in [0, 0.1) is 0 Å². The van der Waals surface area contributed by atoms with E-state index in [4.69, 9.17) is 27.9 Å². The average molecular weight is 560 g/mol. The summed E-state index contributed by atoms with van der Waals surface area (Å²) in [7, 11) is -0.859. The molecule has 4 aromatic rings. The highest BCUT2D eigenvalue weighted by Gasteiger charge is 2.46. The summed E-state index contributed by atoms with van der Waals surface area (Å²) in [5.74, 6) is -0.476. The summed E-state index contributed by atoms with van der Waals surface area (Å²) >= 11 is 13.5. The molecular formula is C27H22BrCl2O2P. The topological polar surface area (TPSA) is 26.3 Å². The zero-order valence-electron chi connectivity index (χ0n) is 17.9. The molecule has 6 heteroatoms. The van der Waals surface area contributed by atoms with E-state index in [-0.39, 0.29) is 17.0 Å². The van der Waals surface area contributed by atoms with Crippen LogP contribution in [0.5, 0.6) is 0 Å². The number of rotatable bonds is 6. The van der Waals surface area contributed by atoms with Crippen LogP contribution in [0.2, 0.25) is 10.0 Å². The molecule has 0 aromatic heterocycles. The van der Waals surface area contributed by atoms with E-state index in [9.17, 15) is 4.79 Å². The molecule has 0 aliphatic heterocycles. The van der Waals surface area contributed by atoms with E-state index in [1.165, 1.54) is 23.0 Å². The van der Waals surface area contributed by atoms with Gasteiger partial charge in [0.05, 0.1) is 17.7 Å². The van der Waals surface area contributed by atoms with Gasteiger partial charge in [0.25, 0.3) is 0 Å². The van der Waals surface area contributed by atoms with E-state index in [1.54, 1.807) is 12.1 Å². The monoisotopic (exact) mass is 558 g/mol. The Hall–Kier alpha value is -2.16. The second kappa shape index (κ2) is 11.3. The van der Waals surface area contributed by atoms with Crippen LogP contribution < -0.4 is 32.9 Å². The minimum atomic E-state index is -2.21. The van der Waals surface area contributed by atoms with Crippen molar-refractivity contribution in [1.82, 2.24) is 0 Å². The molecule has 0 spiro atoms. The minimum Gasteiger partial charge on any atom is -1.00 e. The fourth-order valence-electron chi connectivity index (χ4n) is 4.02. The van der Waals surface area contributed by atoms with Gasteiger partial charge in [0, 0.05) is 10.6 Å². The second-order valence-electron chi connectivity index (χ2n) is 7.35. The van der Waals surface area contributed by atoms with Crippen molar-refractivity contribution in [3.05, 3.63) is 124 Å². The van der Waals surface area contributed by atoms with Gasteiger partial charge < -0.3 is 21.7 Å². The fraction of sp³-hybridized carbons (Fsp3) is 0.0741. The van der Waals surface area contributed by atoms with E-state index >= 15 is 0 Å². The van der Waals surface area contributed by atoms with Crippen LogP contribution in [0.25, 0.3) is 0 Å². The van der Waals surface area contributed by atoms with Gasteiger partial charge in [-0.25, -0.2) is 4.79 Å². The van der Waals surface area contributed by atoms with E-state index in [2.05, 4.69) is 72.8 Å². The Morgan fingerprint density at radius 1 is 0.727 bits per heavy atom. The highest BCUT2D eigenvalue weighted by Crippen LogP contribution is 2.59. The predicted molar refractivity (Wildman–Crippen MR) is 137 cm³/mol. The van der Waals surface area contributed by atoms with Gasteiger partial charge in [0.15, 0.2) is 0 Å². The molecule has 0 radical (unpaired) electrons. The fourth-order valence-corrected chi connectivity index (χ4v) is 9.07. The molecule has 2 nitrogen and oxygen atoms in total. The molecule has 0 heterocycles. The molecule has 0 atom stereocenters. The lowest BCUT2D eigenvalue weighted by Crippen LogP contribution is -3.00. The van der Waals surface area contributed by atoms with Crippen LogP contribution in [0.15, 0.2) is 103 Å². The molecular weight excluding hydrogens is 538 g/mol. The number of hydrogen-bond acceptors (Lipinski definition) is 2. The number of halogens is 3. The van der Waals surface area contributed by atoms with Gasteiger partial charge in [-0.15, -0.1) is 0 Å². The average Bonchev–Trinajstić information content (AvgIpc) is 2.85. The Kier molecular flexibility index (Phi) is 8.73. The Labute approximate surface area is 215 Å². The molecule has 4 rings (SSSR count). The normalized spacial score (nSPS) is 10.9. The number of ether oxygens (including phenoxy) is 1. The van der Waals surface area contributed by atoms with Gasteiger partial charge in [-0.05, 0) is 48.5 Å². The summed E-state index contributed by atoms with van der Waals surface area (Å²) in [5, 5.41) is 4.53. The minimum absolute atomic E-state index is 0. The van der Waals surface area contributed by atoms with Crippen LogP contribution in [0.3, 0.4) is 0 Å². The molecule has 4 aromatic carbocycles. The SMILES string of the molecule is COC(=O)c1ccc(Cl)c(C[P+](c2ccccc2)(c2ccccc2)c2ccccc2)c1Cl.[Br-]. The van der Waals surface area contributed by atoms with Gasteiger partial charge >= 0.3 is 5.97 Å². The van der Waals surface area contributed by atoms with E-state index in [0.29, 0.717) is 21.8 Å². The number of esters is 1. The Morgan fingerprint density at radius 2 is 1.15 bits per heavy atom. The number of carbonyl (C=O) groups excluding carboxylic acids is 1. The summed E-state index contributed by atoms with van der Waals surface area (Å²) in [5.41, 5.74) is 1.07. The van der Waals surface area contributed by atoms with Gasteiger partial charge in [-0.2, -0.15) is 0 Å². The summed E-state index contributed by atoms with van der Waals surface area (Å²) in [6.45, 7) is 0. The molecule has 0 aliphatic carbocycles. The smallest absolute Gasteiger partial charge is 0.339 e. The second-order valence-corrected chi connectivity index (χ2v) is 11.6. The summed E-state index contributed by atoms with van der Waals surface area (Å²) in [6, 6.07) is 34.8. The molecule has 0 aliphatic rings. The van der Waals surface area contributed by atoms with Crippen LogP contribution in [0.1, 0.15) is 15.9 Å². The van der Waals surface area contributed by atoms with Crippen molar-refractivity contribution in [2.24, 2.45) is 0 Å². The van der Waals surface area contributed by atoms with Crippen LogP contribution >= 0.6 is 30.5 Å². The first-order valence-electron chi connectivity index (χ1n) is 10.2. The standard InChI is InChI=1S/C27H22Cl2O2P.BrH/c1-31-27(30)23-17-18-25(28)24(26(23)29)19-32(20-11-5-2-6-12-20,21-13-7-3-8-14-21)22-15-9-4-10-16-22;/h2-18H,19H2,1H3;1H/q+1;/p-1. The Bertz CT molecular complexity index is 1120. The number of carbonyl (C=O) groups is 1. The van der Waals surface area contributed by atoms with Crippen molar-refractivity contribution in [2.45, 2.75) is 6.16 Å². The van der Waals surface area contributed by atoms with E-state index in [0.717, 1.165) is 5.56 Å². The molecule has 0 N–H and O–H groups in total. The zero-order chi connectivity index (χ0) is 22.6. The Morgan fingerprint density at radius 3 is 1.55 bits per heavy atom. The molecule has 0 saturated heterocycles. The van der Waals surface area contributed by atoms with Crippen molar-refractivity contribution >= 4 is 52.3 Å². The number of hydrogen-bond donors (Lipinski definition) is 0. The molecule has 0 bridgehead atoms. The molecule has 33 heavy (non-hydrogen) atoms. The van der Waals surface area contributed by atoms with Crippen molar-refractivity contribution in [3.8, 4) is 0 Å². The molecule has 0 unspecified atom stereocenters. The first-order chi connectivity index (χ1) is 15.6. The zero-order valence-corrected chi connectivity index (χ0v) is 21.9. The maximum absolute atomic E-state index is 12.3. The molecule has 0 saturated carbocycles. The van der Waals surface area contributed by atoms with E-state index < -0.39 is 13.2 Å². The van der Waals surface area contributed by atoms with Crippen LogP contribution in [0.4, 0.5) is 0 Å². The van der Waals surface area contributed by atoms with Gasteiger partial charge in [0.2, 0.25) is 0 Å². The highest BCUT2D eigenvalue weighted by atomic mass is 79.9. The van der Waals surface area contributed by atoms with Crippen molar-refractivity contribution in [2.75, 3.05) is 7.11 Å². The lowest BCUT2D eigenvalue weighted by Gasteiger charge is -2.28. The Balaban J connectivity index is 0.00000306. The van der Waals surface area contributed by atoms with Gasteiger partial charge in [-0.3, -0.25) is 0 Å². The lowest BCUT2D eigenvalue weighted by molar-refractivity contribution is -0.0000207. The quantitative estimate of drug-likeness (QED) is 0.268. The summed E-state index contributed by atoms with van der Waals surface area (Å²) in [6.07, 6.45) is 0.577. The maximum atomic E-state index is 12.3. The summed E-state index contributed by atoms with van der Waals surface area (Å²) in [4.78, 5) is 12.3. The number of methoxy groups -OCH3 is 1. The van der Waals surface area contributed by atoms with Crippen molar-refractivity contribution in [1.29, 1.82) is 0 Å². The largest absolute Gasteiger partial charge is 1.00 e. The molecule has 0 fully saturated rings. The van der Waals surface area contributed by atoms with Crippen molar-refractivity contribution < 1.29 is 26.5 Å². The predicted octanol–water partition coefficient (Wildman–Crippen LogP) is 3.28. The maximum Gasteiger partial charge on any atom is 0.339 e. The van der Waals surface area contributed by atoms with Crippen LogP contribution in [-0.2, 0) is 10.9 Å². The third-order valence-electron chi connectivity index (χ3n) is 5.58. The molecule has 168 valence electrons.